The predicted molar refractivity (Wildman–Crippen MR) is 131 cm³/mol. The number of aliphatic imine (C=N–C) groups is 2. The van der Waals surface area contributed by atoms with Gasteiger partial charge in [0.2, 0.25) is 0 Å². The maximum absolute atomic E-state index is 15.0. The molecular formula is C26H28FN5O2. The Bertz CT molecular complexity index is 1190. The lowest BCUT2D eigenvalue weighted by Gasteiger charge is -2.28. The highest BCUT2D eigenvalue weighted by atomic mass is 19.1. The van der Waals surface area contributed by atoms with Crippen LogP contribution in [-0.2, 0) is 4.74 Å². The van der Waals surface area contributed by atoms with Gasteiger partial charge in [-0.15, -0.1) is 0 Å². The van der Waals surface area contributed by atoms with Crippen LogP contribution >= 0.6 is 0 Å². The van der Waals surface area contributed by atoms with Crippen molar-refractivity contribution in [3.8, 4) is 5.75 Å². The van der Waals surface area contributed by atoms with Gasteiger partial charge < -0.3 is 19.7 Å². The van der Waals surface area contributed by atoms with Crippen molar-refractivity contribution < 1.29 is 13.9 Å². The molecule has 1 saturated carbocycles. The molecule has 8 heteroatoms. The van der Waals surface area contributed by atoms with Crippen LogP contribution in [0.3, 0.4) is 0 Å². The molecule has 1 unspecified atom stereocenters. The van der Waals surface area contributed by atoms with Gasteiger partial charge in [-0.1, -0.05) is 12.2 Å². The highest BCUT2D eigenvalue weighted by Crippen LogP contribution is 2.33. The van der Waals surface area contributed by atoms with Crippen molar-refractivity contribution in [2.24, 2.45) is 15.9 Å². The fourth-order valence-corrected chi connectivity index (χ4v) is 4.32. The maximum atomic E-state index is 15.0. The van der Waals surface area contributed by atoms with Crippen LogP contribution in [0.2, 0.25) is 0 Å². The van der Waals surface area contributed by atoms with Crippen LogP contribution in [0.5, 0.6) is 5.75 Å². The van der Waals surface area contributed by atoms with E-state index >= 15 is 0 Å². The van der Waals surface area contributed by atoms with Gasteiger partial charge in [0, 0.05) is 42.1 Å². The second-order valence-corrected chi connectivity index (χ2v) is 8.61. The minimum absolute atomic E-state index is 0.106. The second-order valence-electron chi connectivity index (χ2n) is 8.61. The Kier molecular flexibility index (Phi) is 6.04. The van der Waals surface area contributed by atoms with Gasteiger partial charge in [0.1, 0.15) is 23.4 Å². The third kappa shape index (κ3) is 4.27. The van der Waals surface area contributed by atoms with Crippen molar-refractivity contribution in [1.82, 2.24) is 10.2 Å². The number of halogens is 1. The van der Waals surface area contributed by atoms with Crippen molar-refractivity contribution in [2.75, 3.05) is 20.8 Å². The molecule has 1 aliphatic carbocycles. The number of ether oxygens (including phenoxy) is 2. The molecule has 0 spiro atoms. The number of fused-ring (bicyclic) bond motifs is 1. The molecule has 176 valence electrons. The Morgan fingerprint density at radius 3 is 2.88 bits per heavy atom. The lowest BCUT2D eigenvalue weighted by molar-refractivity contribution is 0.386. The number of methoxy groups -OCH3 is 2. The summed E-state index contributed by atoms with van der Waals surface area (Å²) in [5, 5.41) is 11.9. The lowest BCUT2D eigenvalue weighted by atomic mass is 9.93. The summed E-state index contributed by atoms with van der Waals surface area (Å²) in [7, 11) is 3.13. The Morgan fingerprint density at radius 1 is 1.29 bits per heavy atom. The van der Waals surface area contributed by atoms with Crippen LogP contribution in [0.25, 0.3) is 0 Å². The summed E-state index contributed by atoms with van der Waals surface area (Å²) in [6, 6.07) is 4.86. The highest BCUT2D eigenvalue weighted by molar-refractivity contribution is 6.16. The first kappa shape index (κ1) is 22.1. The average molecular weight is 462 g/mol. The van der Waals surface area contributed by atoms with Crippen LogP contribution in [-0.4, -0.2) is 49.3 Å². The summed E-state index contributed by atoms with van der Waals surface area (Å²) in [6.07, 6.45) is 13.7. The van der Waals surface area contributed by atoms with Gasteiger partial charge >= 0.3 is 0 Å². The molecule has 1 atom stereocenters. The molecule has 1 aromatic carbocycles. The number of amidine groups is 1. The molecule has 0 aromatic heterocycles. The molecule has 4 aliphatic rings. The van der Waals surface area contributed by atoms with Crippen molar-refractivity contribution in [3.63, 3.8) is 0 Å². The minimum Gasteiger partial charge on any atom is -0.497 e. The number of benzene rings is 1. The SMILES string of the molecule is CO/C(=N\C(=N)C1=CNC2C=CC(C3=CCCCN=C3c3ccc(OC)cc3F)=CN12)C1CC1. The van der Waals surface area contributed by atoms with Crippen LogP contribution < -0.4 is 10.1 Å². The van der Waals surface area contributed by atoms with Gasteiger partial charge in [-0.2, -0.15) is 4.99 Å². The highest BCUT2D eigenvalue weighted by Gasteiger charge is 2.32. The summed E-state index contributed by atoms with van der Waals surface area (Å²) in [6.45, 7) is 0.636. The van der Waals surface area contributed by atoms with E-state index in [9.17, 15) is 4.39 Å². The van der Waals surface area contributed by atoms with Gasteiger partial charge in [-0.3, -0.25) is 10.4 Å². The molecule has 5 rings (SSSR count). The molecule has 2 N–H and O–H groups in total. The Balaban J connectivity index is 1.46. The molecule has 0 bridgehead atoms. The quantitative estimate of drug-likeness (QED) is 0.506. The van der Waals surface area contributed by atoms with Crippen molar-refractivity contribution in [2.45, 2.75) is 31.8 Å². The average Bonchev–Trinajstić information content (AvgIpc) is 3.65. The number of nitrogens with one attached hydrogen (secondary N) is 2. The molecule has 0 amide bonds. The van der Waals surface area contributed by atoms with Crippen LogP contribution in [0.15, 0.2) is 75.7 Å². The topological polar surface area (TPSA) is 82.3 Å². The number of nitrogens with zero attached hydrogens (tertiary/aromatic N) is 3. The minimum atomic E-state index is -0.365. The third-order valence-electron chi connectivity index (χ3n) is 6.28. The van der Waals surface area contributed by atoms with E-state index in [-0.39, 0.29) is 17.8 Å². The molecule has 0 saturated heterocycles. The normalized spacial score (nSPS) is 22.0. The first-order chi connectivity index (χ1) is 16.6. The predicted octanol–water partition coefficient (Wildman–Crippen LogP) is 4.30. The number of hydrogen-bond donors (Lipinski definition) is 2. The maximum Gasteiger partial charge on any atom is 0.192 e. The third-order valence-corrected chi connectivity index (χ3v) is 6.28. The summed E-state index contributed by atoms with van der Waals surface area (Å²) in [5.74, 6) is 1.18. The zero-order valence-corrected chi connectivity index (χ0v) is 19.3. The molecule has 34 heavy (non-hydrogen) atoms. The Morgan fingerprint density at radius 2 is 2.15 bits per heavy atom. The summed E-state index contributed by atoms with van der Waals surface area (Å²) >= 11 is 0. The lowest BCUT2D eigenvalue weighted by Crippen LogP contribution is -2.35. The first-order valence-corrected chi connectivity index (χ1v) is 11.5. The summed E-state index contributed by atoms with van der Waals surface area (Å²) < 4.78 is 25.6. The van der Waals surface area contributed by atoms with Crippen LogP contribution in [0.4, 0.5) is 4.39 Å². The van der Waals surface area contributed by atoms with Gasteiger partial charge in [0.15, 0.2) is 11.7 Å². The zero-order valence-electron chi connectivity index (χ0n) is 19.3. The van der Waals surface area contributed by atoms with Gasteiger partial charge in [-0.05, 0) is 49.5 Å². The van der Waals surface area contributed by atoms with E-state index in [0.717, 1.165) is 36.8 Å². The molecule has 1 aromatic rings. The largest absolute Gasteiger partial charge is 0.497 e. The second kappa shape index (κ2) is 9.29. The fraction of sp³-hybridized carbons (Fsp3) is 0.346. The molecule has 1 fully saturated rings. The first-order valence-electron chi connectivity index (χ1n) is 11.5. The standard InChI is InChI=1S/C26H28FN5O2/c1-33-18-9-10-20(21(27)13-18)24-19(5-3-4-12-29-24)17-8-11-23-30-14-22(32(23)15-17)25(28)31-26(34-2)16-6-7-16/h5,8-11,13-16,23,28,30H,3-4,6-7,12H2,1-2H3/b28-25?,31-26-. The number of hydrogen-bond acceptors (Lipinski definition) is 6. The van der Waals surface area contributed by atoms with E-state index < -0.39 is 0 Å². The summed E-state index contributed by atoms with van der Waals surface area (Å²) in [4.78, 5) is 11.2. The number of allylic oxidation sites excluding steroid dienone is 4. The van der Waals surface area contributed by atoms with E-state index in [4.69, 9.17) is 19.9 Å². The van der Waals surface area contributed by atoms with Gasteiger partial charge in [0.25, 0.3) is 0 Å². The Hall–Kier alpha value is -3.68. The van der Waals surface area contributed by atoms with Gasteiger partial charge in [-0.25, -0.2) is 4.39 Å². The van der Waals surface area contributed by atoms with E-state index in [2.05, 4.69) is 16.4 Å². The molecular weight excluding hydrogens is 433 g/mol. The van der Waals surface area contributed by atoms with Crippen LogP contribution in [0, 0.1) is 17.1 Å². The Labute approximate surface area is 198 Å². The van der Waals surface area contributed by atoms with E-state index in [1.165, 1.54) is 13.2 Å². The van der Waals surface area contributed by atoms with Crippen LogP contribution in [0.1, 0.15) is 31.2 Å². The van der Waals surface area contributed by atoms with E-state index in [0.29, 0.717) is 41.1 Å². The zero-order chi connectivity index (χ0) is 23.7. The summed E-state index contributed by atoms with van der Waals surface area (Å²) in [5.41, 5.74) is 3.53. The fourth-order valence-electron chi connectivity index (χ4n) is 4.32. The van der Waals surface area contributed by atoms with Crippen molar-refractivity contribution >= 4 is 17.4 Å². The molecule has 3 heterocycles. The van der Waals surface area contributed by atoms with Gasteiger partial charge in [0.05, 0.1) is 19.9 Å². The van der Waals surface area contributed by atoms with E-state index in [1.807, 2.05) is 23.3 Å². The van der Waals surface area contributed by atoms with E-state index in [1.54, 1.807) is 25.4 Å². The van der Waals surface area contributed by atoms with Crippen molar-refractivity contribution in [1.29, 1.82) is 5.41 Å². The molecule has 0 radical (unpaired) electrons. The smallest absolute Gasteiger partial charge is 0.192 e. The molecule has 7 nitrogen and oxygen atoms in total. The monoisotopic (exact) mass is 461 g/mol. The number of rotatable bonds is 5. The van der Waals surface area contributed by atoms with Crippen molar-refractivity contribution in [3.05, 3.63) is 77.1 Å². The molecule has 3 aliphatic heterocycles.